The number of nitrogens with zero attached hydrogens (tertiary/aromatic N) is 2. The van der Waals surface area contributed by atoms with Crippen molar-refractivity contribution in [2.45, 2.75) is 13.8 Å². The van der Waals surface area contributed by atoms with Crippen LogP contribution in [0.1, 0.15) is 23.7 Å². The lowest BCUT2D eigenvalue weighted by atomic mass is 10.0. The smallest absolute Gasteiger partial charge is 0.276 e. The Morgan fingerprint density at radius 3 is 2.50 bits per heavy atom. The summed E-state index contributed by atoms with van der Waals surface area (Å²) in [5.74, 6) is 0. The second-order valence-corrected chi connectivity index (χ2v) is 5.54. The van der Waals surface area contributed by atoms with E-state index in [9.17, 15) is 4.79 Å². The van der Waals surface area contributed by atoms with Gasteiger partial charge in [0.25, 0.3) is 5.56 Å². The maximum atomic E-state index is 12.5. The average Bonchev–Trinajstić information content (AvgIpc) is 2.53. The van der Waals surface area contributed by atoms with Crippen LogP contribution in [0.2, 0.25) is 0 Å². The summed E-state index contributed by atoms with van der Waals surface area (Å²) < 4.78 is 1.65. The Kier molecular flexibility index (Phi) is 3.63. The lowest BCUT2D eigenvalue weighted by molar-refractivity contribution is 0.886. The Morgan fingerprint density at radius 1 is 1.09 bits per heavy atom. The van der Waals surface area contributed by atoms with Crippen LogP contribution in [0.15, 0.2) is 53.3 Å². The van der Waals surface area contributed by atoms with Crippen LogP contribution in [0.25, 0.3) is 22.7 Å². The highest BCUT2D eigenvalue weighted by atomic mass is 16.1. The average molecular weight is 290 g/mol. The molecule has 1 heterocycles. The molecule has 0 amide bonds. The van der Waals surface area contributed by atoms with Crippen LogP contribution in [0.5, 0.6) is 0 Å². The summed E-state index contributed by atoms with van der Waals surface area (Å²) in [5.41, 5.74) is 5.41. The van der Waals surface area contributed by atoms with Crippen molar-refractivity contribution in [1.82, 2.24) is 9.55 Å². The molecule has 3 nitrogen and oxygen atoms in total. The first-order valence-corrected chi connectivity index (χ1v) is 7.27. The van der Waals surface area contributed by atoms with E-state index in [0.717, 1.165) is 22.2 Å². The molecule has 3 rings (SSSR count). The van der Waals surface area contributed by atoms with Gasteiger partial charge in [-0.1, -0.05) is 42.0 Å². The first-order valence-electron chi connectivity index (χ1n) is 7.27. The van der Waals surface area contributed by atoms with E-state index in [-0.39, 0.29) is 5.56 Å². The van der Waals surface area contributed by atoms with Crippen molar-refractivity contribution < 1.29 is 0 Å². The lowest BCUT2D eigenvalue weighted by Gasteiger charge is -2.07. The fourth-order valence-corrected chi connectivity index (χ4v) is 2.50. The zero-order chi connectivity index (χ0) is 15.7. The maximum Gasteiger partial charge on any atom is 0.276 e. The van der Waals surface area contributed by atoms with Gasteiger partial charge < -0.3 is 4.57 Å². The number of rotatable bonds is 2. The van der Waals surface area contributed by atoms with Gasteiger partial charge in [-0.05, 0) is 43.2 Å². The highest BCUT2D eigenvalue weighted by molar-refractivity contribution is 5.81. The third-order valence-electron chi connectivity index (χ3n) is 3.87. The fraction of sp³-hybridized carbons (Fsp3) is 0.158. The molecule has 3 heteroatoms. The number of aromatic nitrogens is 2. The van der Waals surface area contributed by atoms with Crippen LogP contribution in [-0.2, 0) is 7.05 Å². The van der Waals surface area contributed by atoms with E-state index in [1.807, 2.05) is 37.3 Å². The Labute approximate surface area is 129 Å². The van der Waals surface area contributed by atoms with Gasteiger partial charge in [0.15, 0.2) is 0 Å². The molecule has 0 saturated carbocycles. The summed E-state index contributed by atoms with van der Waals surface area (Å²) in [6.45, 7) is 4.06. The van der Waals surface area contributed by atoms with Crippen LogP contribution in [0.3, 0.4) is 0 Å². The zero-order valence-electron chi connectivity index (χ0n) is 13.0. The van der Waals surface area contributed by atoms with E-state index in [0.29, 0.717) is 5.69 Å². The summed E-state index contributed by atoms with van der Waals surface area (Å²) in [4.78, 5) is 17.0. The molecule has 0 N–H and O–H groups in total. The van der Waals surface area contributed by atoms with Crippen LogP contribution in [0.4, 0.5) is 0 Å². The molecule has 1 aromatic heterocycles. The van der Waals surface area contributed by atoms with Crippen LogP contribution < -0.4 is 5.56 Å². The van der Waals surface area contributed by atoms with Gasteiger partial charge in [0.1, 0.15) is 5.69 Å². The van der Waals surface area contributed by atoms with Crippen LogP contribution >= 0.6 is 0 Å². The normalized spacial score (nSPS) is 11.9. The van der Waals surface area contributed by atoms with E-state index in [1.165, 1.54) is 5.56 Å². The summed E-state index contributed by atoms with van der Waals surface area (Å²) in [6.07, 6.45) is 1.86. The Balaban J connectivity index is 2.14. The predicted molar refractivity (Wildman–Crippen MR) is 91.7 cm³/mol. The topological polar surface area (TPSA) is 34.9 Å². The fourth-order valence-electron chi connectivity index (χ4n) is 2.50. The summed E-state index contributed by atoms with van der Waals surface area (Å²) in [5, 5.41) is 0. The quantitative estimate of drug-likeness (QED) is 0.719. The highest BCUT2D eigenvalue weighted by Gasteiger charge is 2.07. The number of hydrogen-bond donors (Lipinski definition) is 0. The predicted octanol–water partition coefficient (Wildman–Crippen LogP) is 3.80. The number of para-hydroxylation sites is 2. The lowest BCUT2D eigenvalue weighted by Crippen LogP contribution is -2.21. The van der Waals surface area contributed by atoms with Gasteiger partial charge in [-0.2, -0.15) is 0 Å². The molecule has 3 aromatic rings. The summed E-state index contributed by atoms with van der Waals surface area (Å²) in [7, 11) is 1.78. The molecule has 0 aliphatic heterocycles. The minimum atomic E-state index is -0.0786. The maximum absolute atomic E-state index is 12.5. The largest absolute Gasteiger partial charge is 0.308 e. The van der Waals surface area contributed by atoms with Crippen molar-refractivity contribution >= 4 is 22.7 Å². The van der Waals surface area contributed by atoms with Gasteiger partial charge in [-0.3, -0.25) is 4.79 Å². The first-order chi connectivity index (χ1) is 10.6. The first kappa shape index (κ1) is 14.3. The van der Waals surface area contributed by atoms with Gasteiger partial charge in [0.2, 0.25) is 0 Å². The van der Waals surface area contributed by atoms with Gasteiger partial charge >= 0.3 is 0 Å². The van der Waals surface area contributed by atoms with Gasteiger partial charge in [-0.15, -0.1) is 0 Å². The molecule has 0 saturated heterocycles. The minimum absolute atomic E-state index is 0.0786. The number of aryl methyl sites for hydroxylation is 2. The number of hydrogen-bond acceptors (Lipinski definition) is 2. The van der Waals surface area contributed by atoms with E-state index in [1.54, 1.807) is 11.6 Å². The highest BCUT2D eigenvalue weighted by Crippen LogP contribution is 2.17. The van der Waals surface area contributed by atoms with Gasteiger partial charge in [0.05, 0.1) is 11.0 Å². The summed E-state index contributed by atoms with van der Waals surface area (Å²) >= 11 is 0. The minimum Gasteiger partial charge on any atom is -0.308 e. The van der Waals surface area contributed by atoms with Gasteiger partial charge in [0, 0.05) is 7.05 Å². The zero-order valence-corrected chi connectivity index (χ0v) is 13.0. The van der Waals surface area contributed by atoms with Crippen molar-refractivity contribution in [1.29, 1.82) is 0 Å². The Morgan fingerprint density at radius 2 is 1.77 bits per heavy atom. The molecule has 0 bridgehead atoms. The van der Waals surface area contributed by atoms with Gasteiger partial charge in [-0.25, -0.2) is 4.98 Å². The van der Waals surface area contributed by atoms with E-state index < -0.39 is 0 Å². The molecule has 0 spiro atoms. The van der Waals surface area contributed by atoms with E-state index >= 15 is 0 Å². The standard InChI is InChI=1S/C19H18N2O/c1-13-8-10-15(11-9-13)14(2)12-17-19(22)21(3)18-7-5-4-6-16(18)20-17/h4-12H,1-3H3/b14-12+. The van der Waals surface area contributed by atoms with E-state index in [4.69, 9.17) is 0 Å². The molecular weight excluding hydrogens is 272 g/mol. The molecule has 22 heavy (non-hydrogen) atoms. The third kappa shape index (κ3) is 2.58. The molecule has 2 aromatic carbocycles. The third-order valence-corrected chi connectivity index (χ3v) is 3.87. The monoisotopic (exact) mass is 290 g/mol. The molecule has 0 fully saturated rings. The van der Waals surface area contributed by atoms with Crippen molar-refractivity contribution in [2.75, 3.05) is 0 Å². The summed E-state index contributed by atoms with van der Waals surface area (Å²) in [6, 6.07) is 15.9. The molecular formula is C19H18N2O. The number of fused-ring (bicyclic) bond motifs is 1. The van der Waals surface area contributed by atoms with Crippen molar-refractivity contribution in [3.8, 4) is 0 Å². The molecule has 0 radical (unpaired) electrons. The van der Waals surface area contributed by atoms with E-state index in [2.05, 4.69) is 36.2 Å². The Hall–Kier alpha value is -2.68. The Bertz CT molecular complexity index is 918. The van der Waals surface area contributed by atoms with Crippen LogP contribution in [0, 0.1) is 6.92 Å². The van der Waals surface area contributed by atoms with Crippen LogP contribution in [-0.4, -0.2) is 9.55 Å². The van der Waals surface area contributed by atoms with Crippen molar-refractivity contribution in [3.63, 3.8) is 0 Å². The number of benzene rings is 2. The SMILES string of the molecule is C/C(=C\c1nc2ccccc2n(C)c1=O)c1ccc(C)cc1. The van der Waals surface area contributed by atoms with Crippen molar-refractivity contribution in [2.24, 2.45) is 7.05 Å². The second-order valence-electron chi connectivity index (χ2n) is 5.54. The number of allylic oxidation sites excluding steroid dienone is 1. The molecule has 0 atom stereocenters. The molecule has 0 aliphatic rings. The molecule has 110 valence electrons. The molecule has 0 aliphatic carbocycles. The second kappa shape index (κ2) is 5.60. The van der Waals surface area contributed by atoms with Crippen molar-refractivity contribution in [3.05, 3.63) is 75.7 Å². The molecule has 0 unspecified atom stereocenters.